The van der Waals surface area contributed by atoms with Crippen LogP contribution in [0.3, 0.4) is 0 Å². The number of hydrogen-bond acceptors (Lipinski definition) is 4. The minimum atomic E-state index is -0.316. The summed E-state index contributed by atoms with van der Waals surface area (Å²) >= 11 is 0. The lowest BCUT2D eigenvalue weighted by atomic mass is 10.1. The van der Waals surface area contributed by atoms with Crippen LogP contribution in [0.2, 0.25) is 0 Å². The second-order valence-electron chi connectivity index (χ2n) is 4.45. The molecular formula is C15H20O4. The second-order valence-corrected chi connectivity index (χ2v) is 4.45. The molecule has 0 bridgehead atoms. The fourth-order valence-electron chi connectivity index (χ4n) is 1.69. The van der Waals surface area contributed by atoms with Crippen molar-refractivity contribution in [3.8, 4) is 5.75 Å². The lowest BCUT2D eigenvalue weighted by molar-refractivity contribution is -0.146. The lowest BCUT2D eigenvalue weighted by Gasteiger charge is -2.09. The number of benzene rings is 1. The standard InChI is InChI=1S/C15H20O4/c1-4-5-11(2)15(17)19-10-14(16)12-6-8-13(18-3)9-7-12/h6-9,11H,4-5,10H2,1-3H3/t11-/m0/s1. The maximum Gasteiger partial charge on any atom is 0.309 e. The molecule has 0 radical (unpaired) electrons. The maximum absolute atomic E-state index is 11.8. The van der Waals surface area contributed by atoms with Crippen LogP contribution in [0.25, 0.3) is 0 Å². The van der Waals surface area contributed by atoms with Gasteiger partial charge in [-0.1, -0.05) is 20.3 Å². The summed E-state index contributed by atoms with van der Waals surface area (Å²) in [6, 6.07) is 6.72. The smallest absolute Gasteiger partial charge is 0.309 e. The fourth-order valence-corrected chi connectivity index (χ4v) is 1.69. The number of methoxy groups -OCH3 is 1. The highest BCUT2D eigenvalue weighted by molar-refractivity contribution is 5.98. The number of carbonyl (C=O) groups is 2. The third-order valence-corrected chi connectivity index (χ3v) is 2.88. The van der Waals surface area contributed by atoms with Crippen LogP contribution in [-0.4, -0.2) is 25.5 Å². The Morgan fingerprint density at radius 1 is 1.21 bits per heavy atom. The fraction of sp³-hybridized carbons (Fsp3) is 0.467. The number of esters is 1. The number of Topliss-reactive ketones (excluding diaryl/α,β-unsaturated/α-hetero) is 1. The summed E-state index contributed by atoms with van der Waals surface area (Å²) in [5, 5.41) is 0. The highest BCUT2D eigenvalue weighted by Crippen LogP contribution is 2.12. The van der Waals surface area contributed by atoms with E-state index in [9.17, 15) is 9.59 Å². The van der Waals surface area contributed by atoms with Gasteiger partial charge >= 0.3 is 5.97 Å². The van der Waals surface area contributed by atoms with E-state index in [2.05, 4.69) is 0 Å². The van der Waals surface area contributed by atoms with Gasteiger partial charge in [0.05, 0.1) is 13.0 Å². The zero-order chi connectivity index (χ0) is 14.3. The average molecular weight is 264 g/mol. The normalized spacial score (nSPS) is 11.7. The van der Waals surface area contributed by atoms with E-state index in [0.717, 1.165) is 12.8 Å². The Bertz CT molecular complexity index is 422. The molecule has 0 heterocycles. The van der Waals surface area contributed by atoms with E-state index in [1.807, 2.05) is 13.8 Å². The molecular weight excluding hydrogens is 244 g/mol. The molecule has 0 saturated heterocycles. The Labute approximate surface area is 113 Å². The molecule has 0 aliphatic rings. The lowest BCUT2D eigenvalue weighted by Crippen LogP contribution is -2.19. The van der Waals surface area contributed by atoms with Gasteiger partial charge in [-0.05, 0) is 30.7 Å². The largest absolute Gasteiger partial charge is 0.497 e. The van der Waals surface area contributed by atoms with Crippen LogP contribution >= 0.6 is 0 Å². The Hall–Kier alpha value is -1.84. The summed E-state index contributed by atoms with van der Waals surface area (Å²) in [5.41, 5.74) is 0.511. The first-order valence-electron chi connectivity index (χ1n) is 6.42. The van der Waals surface area contributed by atoms with Crippen LogP contribution in [0.1, 0.15) is 37.0 Å². The SMILES string of the molecule is CCC[C@H](C)C(=O)OCC(=O)c1ccc(OC)cc1. The Morgan fingerprint density at radius 3 is 2.37 bits per heavy atom. The van der Waals surface area contributed by atoms with Gasteiger partial charge in [0, 0.05) is 5.56 Å². The van der Waals surface area contributed by atoms with Crippen molar-refractivity contribution in [1.82, 2.24) is 0 Å². The van der Waals surface area contributed by atoms with Crippen LogP contribution in [0.4, 0.5) is 0 Å². The van der Waals surface area contributed by atoms with Crippen molar-refractivity contribution in [3.05, 3.63) is 29.8 Å². The Balaban J connectivity index is 2.48. The molecule has 0 saturated carbocycles. The summed E-state index contributed by atoms with van der Waals surface area (Å²) in [6.07, 6.45) is 1.69. The molecule has 0 spiro atoms. The first-order valence-corrected chi connectivity index (χ1v) is 6.42. The zero-order valence-electron chi connectivity index (χ0n) is 11.6. The predicted molar refractivity (Wildman–Crippen MR) is 72.4 cm³/mol. The van der Waals surface area contributed by atoms with Crippen LogP contribution in [0.5, 0.6) is 5.75 Å². The van der Waals surface area contributed by atoms with Crippen molar-refractivity contribution in [3.63, 3.8) is 0 Å². The molecule has 0 unspecified atom stereocenters. The van der Waals surface area contributed by atoms with Gasteiger partial charge in [0.25, 0.3) is 0 Å². The third-order valence-electron chi connectivity index (χ3n) is 2.88. The minimum Gasteiger partial charge on any atom is -0.497 e. The molecule has 0 amide bonds. The molecule has 1 rings (SSSR count). The second kappa shape index (κ2) is 7.56. The zero-order valence-corrected chi connectivity index (χ0v) is 11.6. The first-order chi connectivity index (χ1) is 9.08. The molecule has 1 atom stereocenters. The molecule has 0 N–H and O–H groups in total. The van der Waals surface area contributed by atoms with Crippen molar-refractivity contribution in [2.24, 2.45) is 5.92 Å². The van der Waals surface area contributed by atoms with E-state index in [-0.39, 0.29) is 24.3 Å². The minimum absolute atomic E-state index is 0.159. The van der Waals surface area contributed by atoms with Gasteiger partial charge < -0.3 is 9.47 Å². The van der Waals surface area contributed by atoms with E-state index in [4.69, 9.17) is 9.47 Å². The van der Waals surface area contributed by atoms with Crippen molar-refractivity contribution < 1.29 is 19.1 Å². The molecule has 4 heteroatoms. The van der Waals surface area contributed by atoms with Crippen molar-refractivity contribution in [2.45, 2.75) is 26.7 Å². The van der Waals surface area contributed by atoms with Gasteiger partial charge in [-0.3, -0.25) is 9.59 Å². The number of hydrogen-bond donors (Lipinski definition) is 0. The summed E-state index contributed by atoms with van der Waals surface area (Å²) in [6.45, 7) is 3.61. The number of ether oxygens (including phenoxy) is 2. The van der Waals surface area contributed by atoms with Gasteiger partial charge in [-0.2, -0.15) is 0 Å². The molecule has 104 valence electrons. The molecule has 19 heavy (non-hydrogen) atoms. The molecule has 0 aliphatic heterocycles. The average Bonchev–Trinajstić information content (AvgIpc) is 2.44. The van der Waals surface area contributed by atoms with Crippen LogP contribution in [-0.2, 0) is 9.53 Å². The van der Waals surface area contributed by atoms with Gasteiger partial charge in [0.1, 0.15) is 5.75 Å². The van der Waals surface area contributed by atoms with Crippen molar-refractivity contribution >= 4 is 11.8 Å². The van der Waals surface area contributed by atoms with Crippen LogP contribution in [0, 0.1) is 5.92 Å². The number of ketones is 1. The summed E-state index contributed by atoms with van der Waals surface area (Å²) in [7, 11) is 1.56. The molecule has 1 aromatic rings. The summed E-state index contributed by atoms with van der Waals surface area (Å²) < 4.78 is 10.0. The predicted octanol–water partition coefficient (Wildman–Crippen LogP) is 2.86. The van der Waals surface area contributed by atoms with Crippen LogP contribution in [0.15, 0.2) is 24.3 Å². The van der Waals surface area contributed by atoms with Gasteiger partial charge in [-0.15, -0.1) is 0 Å². The summed E-state index contributed by atoms with van der Waals surface area (Å²) in [4.78, 5) is 23.4. The maximum atomic E-state index is 11.8. The molecule has 1 aromatic carbocycles. The monoisotopic (exact) mass is 264 g/mol. The van der Waals surface area contributed by atoms with E-state index < -0.39 is 0 Å². The summed E-state index contributed by atoms with van der Waals surface area (Å²) in [5.74, 6) is 0.00203. The van der Waals surface area contributed by atoms with Gasteiger partial charge in [-0.25, -0.2) is 0 Å². The molecule has 4 nitrogen and oxygen atoms in total. The van der Waals surface area contributed by atoms with Crippen molar-refractivity contribution in [2.75, 3.05) is 13.7 Å². The Morgan fingerprint density at radius 2 is 1.84 bits per heavy atom. The van der Waals surface area contributed by atoms with E-state index in [1.54, 1.807) is 31.4 Å². The highest BCUT2D eigenvalue weighted by atomic mass is 16.5. The highest BCUT2D eigenvalue weighted by Gasteiger charge is 2.15. The van der Waals surface area contributed by atoms with Crippen LogP contribution < -0.4 is 4.74 Å². The topological polar surface area (TPSA) is 52.6 Å². The van der Waals surface area contributed by atoms with Gasteiger partial charge in [0.15, 0.2) is 12.4 Å². The molecule has 0 aliphatic carbocycles. The number of carbonyl (C=O) groups excluding carboxylic acids is 2. The Kier molecular flexibility index (Phi) is 6.06. The van der Waals surface area contributed by atoms with Gasteiger partial charge in [0.2, 0.25) is 0 Å². The molecule has 0 fully saturated rings. The molecule has 0 aromatic heterocycles. The number of rotatable bonds is 7. The van der Waals surface area contributed by atoms with Crippen molar-refractivity contribution in [1.29, 1.82) is 0 Å². The quantitative estimate of drug-likeness (QED) is 0.561. The third kappa shape index (κ3) is 4.73. The van der Waals surface area contributed by atoms with E-state index >= 15 is 0 Å². The van der Waals surface area contributed by atoms with E-state index in [1.165, 1.54) is 0 Å². The first kappa shape index (κ1) is 15.2. The van der Waals surface area contributed by atoms with E-state index in [0.29, 0.717) is 11.3 Å².